The Hall–Kier alpha value is -3.72. The van der Waals surface area contributed by atoms with Gasteiger partial charge in [0.1, 0.15) is 5.82 Å². The highest BCUT2D eigenvalue weighted by Gasteiger charge is 2.17. The van der Waals surface area contributed by atoms with Gasteiger partial charge in [-0.2, -0.15) is 0 Å². The molecule has 9 heteroatoms. The number of morpholine rings is 1. The van der Waals surface area contributed by atoms with Gasteiger partial charge in [0.15, 0.2) is 0 Å². The second-order valence-corrected chi connectivity index (χ2v) is 8.01. The molecule has 1 aliphatic rings. The number of pyridine rings is 1. The number of benzene rings is 1. The Morgan fingerprint density at radius 2 is 2.15 bits per heavy atom. The lowest BCUT2D eigenvalue weighted by molar-refractivity contribution is -0.116. The van der Waals surface area contributed by atoms with E-state index >= 15 is 0 Å². The number of nitrogens with one attached hydrogen (secondary N) is 2. The van der Waals surface area contributed by atoms with Gasteiger partial charge in [-0.15, -0.1) is 0 Å². The zero-order valence-electron chi connectivity index (χ0n) is 18.6. The Morgan fingerprint density at radius 3 is 2.91 bits per heavy atom. The summed E-state index contributed by atoms with van der Waals surface area (Å²) in [5.41, 5.74) is 1.98. The summed E-state index contributed by atoms with van der Waals surface area (Å²) in [6.45, 7) is 5.31. The standard InChI is InChI=1S/C24H28N6O3/c1-18-16-30(11-12-33-18)22-6-5-19(14-26-22)15-27-24(32)20-3-2-4-21(13-20)28-23(31)7-9-29-10-8-25-17-29/h2-6,8,10,13-14,17-18H,7,9,11-12,15-16H2,1H3,(H,27,32)(H,28,31). The van der Waals surface area contributed by atoms with Crippen molar-refractivity contribution in [2.45, 2.75) is 32.5 Å². The van der Waals surface area contributed by atoms with Gasteiger partial charge in [-0.25, -0.2) is 9.97 Å². The van der Waals surface area contributed by atoms with Gasteiger partial charge in [0.25, 0.3) is 5.91 Å². The first-order chi connectivity index (χ1) is 16.1. The topological polar surface area (TPSA) is 101 Å². The van der Waals surface area contributed by atoms with E-state index in [0.29, 0.717) is 37.4 Å². The number of anilines is 2. The Morgan fingerprint density at radius 1 is 1.24 bits per heavy atom. The second-order valence-electron chi connectivity index (χ2n) is 8.01. The van der Waals surface area contributed by atoms with E-state index in [4.69, 9.17) is 4.74 Å². The number of imidazole rings is 1. The highest BCUT2D eigenvalue weighted by atomic mass is 16.5. The summed E-state index contributed by atoms with van der Waals surface area (Å²) in [6.07, 6.45) is 7.45. The van der Waals surface area contributed by atoms with Gasteiger partial charge in [0.05, 0.1) is 19.0 Å². The van der Waals surface area contributed by atoms with E-state index in [-0.39, 0.29) is 17.9 Å². The Bertz CT molecular complexity index is 1070. The summed E-state index contributed by atoms with van der Waals surface area (Å²) in [6, 6.07) is 10.9. The van der Waals surface area contributed by atoms with Crippen molar-refractivity contribution in [2.75, 3.05) is 29.9 Å². The Labute approximate surface area is 192 Å². The van der Waals surface area contributed by atoms with Gasteiger partial charge >= 0.3 is 0 Å². The maximum atomic E-state index is 12.6. The third-order valence-corrected chi connectivity index (χ3v) is 5.39. The lowest BCUT2D eigenvalue weighted by Gasteiger charge is -2.32. The Balaban J connectivity index is 1.27. The predicted octanol–water partition coefficient (Wildman–Crippen LogP) is 2.46. The molecule has 1 fully saturated rings. The van der Waals surface area contributed by atoms with Crippen LogP contribution in [0.2, 0.25) is 0 Å². The van der Waals surface area contributed by atoms with Crippen molar-refractivity contribution < 1.29 is 14.3 Å². The van der Waals surface area contributed by atoms with E-state index in [1.165, 1.54) is 0 Å². The van der Waals surface area contributed by atoms with Crippen LogP contribution in [-0.2, 0) is 22.6 Å². The highest BCUT2D eigenvalue weighted by Crippen LogP contribution is 2.16. The molecule has 1 unspecified atom stereocenters. The fourth-order valence-corrected chi connectivity index (χ4v) is 3.63. The number of carbonyl (C=O) groups excluding carboxylic acids is 2. The number of amides is 2. The minimum atomic E-state index is -0.212. The molecule has 2 amide bonds. The van der Waals surface area contributed by atoms with E-state index in [9.17, 15) is 9.59 Å². The minimum Gasteiger partial charge on any atom is -0.375 e. The third kappa shape index (κ3) is 6.39. The van der Waals surface area contributed by atoms with Crippen LogP contribution in [0.1, 0.15) is 29.3 Å². The van der Waals surface area contributed by atoms with Crippen LogP contribution in [0.4, 0.5) is 11.5 Å². The molecule has 33 heavy (non-hydrogen) atoms. The number of carbonyl (C=O) groups is 2. The lowest BCUT2D eigenvalue weighted by atomic mass is 10.1. The number of aryl methyl sites for hydroxylation is 1. The van der Waals surface area contributed by atoms with Crippen LogP contribution in [0.15, 0.2) is 61.3 Å². The molecular weight excluding hydrogens is 420 g/mol. The quantitative estimate of drug-likeness (QED) is 0.549. The van der Waals surface area contributed by atoms with Crippen LogP contribution in [0.25, 0.3) is 0 Å². The van der Waals surface area contributed by atoms with Crippen LogP contribution < -0.4 is 15.5 Å². The first-order valence-corrected chi connectivity index (χ1v) is 11.0. The maximum absolute atomic E-state index is 12.6. The smallest absolute Gasteiger partial charge is 0.251 e. The van der Waals surface area contributed by atoms with Gasteiger partial charge < -0.3 is 24.8 Å². The molecule has 2 aromatic heterocycles. The number of aromatic nitrogens is 3. The van der Waals surface area contributed by atoms with Gasteiger partial charge in [-0.3, -0.25) is 9.59 Å². The zero-order valence-corrected chi connectivity index (χ0v) is 18.6. The van der Waals surface area contributed by atoms with Crippen LogP contribution in [-0.4, -0.2) is 52.1 Å². The molecule has 1 atom stereocenters. The summed E-state index contributed by atoms with van der Waals surface area (Å²) in [5.74, 6) is 0.578. The van der Waals surface area contributed by atoms with E-state index < -0.39 is 0 Å². The average Bonchev–Trinajstić information content (AvgIpc) is 3.35. The molecule has 0 radical (unpaired) electrons. The summed E-state index contributed by atoms with van der Waals surface area (Å²) >= 11 is 0. The van der Waals surface area contributed by atoms with Crippen LogP contribution in [0.3, 0.4) is 0 Å². The van der Waals surface area contributed by atoms with Gasteiger partial charge in [-0.1, -0.05) is 12.1 Å². The van der Waals surface area contributed by atoms with E-state index in [0.717, 1.165) is 24.5 Å². The number of hydrogen-bond acceptors (Lipinski definition) is 6. The molecule has 9 nitrogen and oxygen atoms in total. The molecule has 4 rings (SSSR count). The minimum absolute atomic E-state index is 0.123. The lowest BCUT2D eigenvalue weighted by Crippen LogP contribution is -2.41. The normalized spacial score (nSPS) is 15.8. The summed E-state index contributed by atoms with van der Waals surface area (Å²) < 4.78 is 7.41. The molecule has 3 aromatic rings. The molecule has 1 aliphatic heterocycles. The SMILES string of the molecule is CC1CN(c2ccc(CNC(=O)c3cccc(NC(=O)CCn4ccnc4)c3)cn2)CCO1. The fourth-order valence-electron chi connectivity index (χ4n) is 3.63. The molecule has 1 saturated heterocycles. The monoisotopic (exact) mass is 448 g/mol. The molecule has 0 saturated carbocycles. The van der Waals surface area contributed by atoms with Crippen molar-refractivity contribution in [1.82, 2.24) is 19.9 Å². The van der Waals surface area contributed by atoms with E-state index in [1.54, 1.807) is 43.0 Å². The summed E-state index contributed by atoms with van der Waals surface area (Å²) in [5, 5.41) is 5.75. The molecule has 0 spiro atoms. The van der Waals surface area contributed by atoms with Gasteiger partial charge in [-0.05, 0) is 36.8 Å². The van der Waals surface area contributed by atoms with Crippen LogP contribution >= 0.6 is 0 Å². The first-order valence-electron chi connectivity index (χ1n) is 11.0. The fraction of sp³-hybridized carbons (Fsp3) is 0.333. The largest absolute Gasteiger partial charge is 0.375 e. The van der Waals surface area contributed by atoms with Crippen LogP contribution in [0.5, 0.6) is 0 Å². The molecular formula is C24H28N6O3. The molecule has 0 aliphatic carbocycles. The van der Waals surface area contributed by atoms with E-state index in [1.807, 2.05) is 22.9 Å². The maximum Gasteiger partial charge on any atom is 0.251 e. The van der Waals surface area contributed by atoms with E-state index in [2.05, 4.69) is 32.4 Å². The zero-order chi connectivity index (χ0) is 23.0. The number of nitrogens with zero attached hydrogens (tertiary/aromatic N) is 4. The van der Waals surface area contributed by atoms with Crippen LogP contribution in [0, 0.1) is 0 Å². The van der Waals surface area contributed by atoms with Gasteiger partial charge in [0, 0.05) is 62.4 Å². The Kier molecular flexibility index (Phi) is 7.31. The molecule has 1 aromatic carbocycles. The summed E-state index contributed by atoms with van der Waals surface area (Å²) in [4.78, 5) is 35.5. The molecule has 172 valence electrons. The molecule has 0 bridgehead atoms. The van der Waals surface area contributed by atoms with Crippen molar-refractivity contribution in [1.29, 1.82) is 0 Å². The molecule has 3 heterocycles. The molecule has 2 N–H and O–H groups in total. The van der Waals surface area contributed by atoms with Crippen molar-refractivity contribution >= 4 is 23.3 Å². The van der Waals surface area contributed by atoms with Crippen molar-refractivity contribution in [3.63, 3.8) is 0 Å². The highest BCUT2D eigenvalue weighted by molar-refractivity contribution is 5.97. The number of hydrogen-bond donors (Lipinski definition) is 2. The second kappa shape index (κ2) is 10.7. The van der Waals surface area contributed by atoms with Crippen molar-refractivity contribution in [3.8, 4) is 0 Å². The predicted molar refractivity (Wildman–Crippen MR) is 125 cm³/mol. The van der Waals surface area contributed by atoms with Gasteiger partial charge in [0.2, 0.25) is 5.91 Å². The number of ether oxygens (including phenoxy) is 1. The summed E-state index contributed by atoms with van der Waals surface area (Å²) in [7, 11) is 0. The van der Waals surface area contributed by atoms with Crippen molar-refractivity contribution in [2.24, 2.45) is 0 Å². The third-order valence-electron chi connectivity index (χ3n) is 5.39. The number of rotatable bonds is 8. The average molecular weight is 449 g/mol. The van der Waals surface area contributed by atoms with Crippen molar-refractivity contribution in [3.05, 3.63) is 72.4 Å². The first kappa shape index (κ1) is 22.5.